The van der Waals surface area contributed by atoms with Gasteiger partial charge >= 0.3 is 6.09 Å². The van der Waals surface area contributed by atoms with Crippen LogP contribution in [0.5, 0.6) is 0 Å². The number of hydrogen-bond acceptors (Lipinski definition) is 3. The summed E-state index contributed by atoms with van der Waals surface area (Å²) in [7, 11) is 1.83. The van der Waals surface area contributed by atoms with E-state index in [1.54, 1.807) is 0 Å². The Balaban J connectivity index is 2.31. The summed E-state index contributed by atoms with van der Waals surface area (Å²) in [5, 5.41) is 14.2. The van der Waals surface area contributed by atoms with Crippen molar-refractivity contribution in [2.24, 2.45) is 5.92 Å². The van der Waals surface area contributed by atoms with Crippen molar-refractivity contribution in [2.45, 2.75) is 25.3 Å². The molecule has 0 aliphatic carbocycles. The van der Waals surface area contributed by atoms with Gasteiger partial charge in [-0.25, -0.2) is 4.79 Å². The maximum absolute atomic E-state index is 10.6. The normalized spacial score (nSPS) is 23.4. The van der Waals surface area contributed by atoms with Crippen molar-refractivity contribution in [3.8, 4) is 0 Å². The van der Waals surface area contributed by atoms with E-state index in [9.17, 15) is 4.79 Å². The molecule has 1 heterocycles. The molecule has 5 heteroatoms. The van der Waals surface area contributed by atoms with Crippen LogP contribution in [0.4, 0.5) is 4.79 Å². The van der Waals surface area contributed by atoms with Gasteiger partial charge in [-0.15, -0.1) is 0 Å². The molecule has 0 saturated carbocycles. The third-order valence-electron chi connectivity index (χ3n) is 2.65. The molecule has 1 amide bonds. The Morgan fingerprint density at radius 1 is 1.67 bits per heavy atom. The van der Waals surface area contributed by atoms with Gasteiger partial charge in [-0.05, 0) is 32.2 Å². The minimum atomic E-state index is -0.952. The monoisotopic (exact) mass is 216 g/mol. The van der Waals surface area contributed by atoms with Crippen LogP contribution in [0.15, 0.2) is 0 Å². The summed E-state index contributed by atoms with van der Waals surface area (Å²) in [6.45, 7) is 2.28. The van der Waals surface area contributed by atoms with Crippen molar-refractivity contribution in [2.75, 3.05) is 26.8 Å². The number of hydrogen-bond donors (Lipinski definition) is 3. The zero-order valence-corrected chi connectivity index (χ0v) is 9.16. The second kappa shape index (κ2) is 6.63. The van der Waals surface area contributed by atoms with E-state index in [1.807, 2.05) is 7.05 Å². The van der Waals surface area contributed by atoms with E-state index < -0.39 is 6.09 Å². The summed E-state index contributed by atoms with van der Waals surface area (Å²) in [5.41, 5.74) is 0. The fraction of sp³-hybridized carbons (Fsp3) is 0.900. The lowest BCUT2D eigenvalue weighted by atomic mass is 9.94. The van der Waals surface area contributed by atoms with Gasteiger partial charge in [-0.3, -0.25) is 0 Å². The number of rotatable bonds is 5. The van der Waals surface area contributed by atoms with Gasteiger partial charge in [0.05, 0.1) is 0 Å². The summed E-state index contributed by atoms with van der Waals surface area (Å²) < 4.78 is 5.37. The molecule has 2 atom stereocenters. The maximum Gasteiger partial charge on any atom is 0.404 e. The first-order chi connectivity index (χ1) is 7.22. The Hall–Kier alpha value is -0.810. The van der Waals surface area contributed by atoms with E-state index in [0.29, 0.717) is 12.5 Å². The highest BCUT2D eigenvalue weighted by molar-refractivity contribution is 5.64. The van der Waals surface area contributed by atoms with Crippen LogP contribution < -0.4 is 10.6 Å². The molecule has 5 nitrogen and oxygen atoms in total. The smallest absolute Gasteiger partial charge is 0.404 e. The zero-order valence-electron chi connectivity index (χ0n) is 9.16. The molecule has 1 aliphatic rings. The summed E-state index contributed by atoms with van der Waals surface area (Å²) in [6.07, 6.45) is 2.13. The molecule has 0 aromatic carbocycles. The molecule has 88 valence electrons. The van der Waals surface area contributed by atoms with Crippen molar-refractivity contribution in [3.05, 3.63) is 0 Å². The predicted octanol–water partition coefficient (Wildman–Crippen LogP) is 0.659. The van der Waals surface area contributed by atoms with Gasteiger partial charge in [0.25, 0.3) is 0 Å². The van der Waals surface area contributed by atoms with Crippen LogP contribution in [-0.4, -0.2) is 44.0 Å². The molecular weight excluding hydrogens is 196 g/mol. The molecule has 0 aromatic rings. The first-order valence-electron chi connectivity index (χ1n) is 5.44. The minimum Gasteiger partial charge on any atom is -0.465 e. The van der Waals surface area contributed by atoms with Crippen LogP contribution in [0.2, 0.25) is 0 Å². The van der Waals surface area contributed by atoms with Crippen molar-refractivity contribution in [3.63, 3.8) is 0 Å². The third-order valence-corrected chi connectivity index (χ3v) is 2.65. The van der Waals surface area contributed by atoms with Gasteiger partial charge in [0.1, 0.15) is 0 Å². The average Bonchev–Trinajstić information content (AvgIpc) is 2.18. The van der Waals surface area contributed by atoms with Gasteiger partial charge in [-0.2, -0.15) is 0 Å². The molecular formula is C10H20N2O3. The number of carboxylic acid groups (broad SMARTS) is 1. The molecule has 3 N–H and O–H groups in total. The topological polar surface area (TPSA) is 70.6 Å². The number of likely N-dealkylation sites (N-methyl/N-ethyl adjacent to an activating group) is 1. The Morgan fingerprint density at radius 2 is 2.47 bits per heavy atom. The average molecular weight is 216 g/mol. The number of amides is 1. The minimum absolute atomic E-state index is 0.0146. The lowest BCUT2D eigenvalue weighted by Gasteiger charge is -2.26. The number of nitrogens with one attached hydrogen (secondary N) is 2. The molecule has 1 rings (SSSR count). The summed E-state index contributed by atoms with van der Waals surface area (Å²) in [5.74, 6) is 0.490. The van der Waals surface area contributed by atoms with Gasteiger partial charge in [-0.1, -0.05) is 0 Å². The quantitative estimate of drug-likeness (QED) is 0.631. The summed E-state index contributed by atoms with van der Waals surface area (Å²) in [4.78, 5) is 10.6. The fourth-order valence-electron chi connectivity index (χ4n) is 2.01. The highest BCUT2D eigenvalue weighted by atomic mass is 16.5. The molecule has 1 fully saturated rings. The van der Waals surface area contributed by atoms with Crippen LogP contribution in [0.25, 0.3) is 0 Å². The second-order valence-electron chi connectivity index (χ2n) is 4.02. The molecule has 1 aliphatic heterocycles. The van der Waals surface area contributed by atoms with E-state index in [1.165, 1.54) is 0 Å². The van der Waals surface area contributed by atoms with E-state index in [-0.39, 0.29) is 6.04 Å². The first kappa shape index (κ1) is 12.3. The third kappa shape index (κ3) is 4.99. The van der Waals surface area contributed by atoms with Crippen molar-refractivity contribution >= 4 is 6.09 Å². The van der Waals surface area contributed by atoms with Gasteiger partial charge in [0.15, 0.2) is 0 Å². The van der Waals surface area contributed by atoms with E-state index in [0.717, 1.165) is 32.5 Å². The Labute approximate surface area is 90.2 Å². The van der Waals surface area contributed by atoms with Crippen molar-refractivity contribution < 1.29 is 14.6 Å². The van der Waals surface area contributed by atoms with Gasteiger partial charge < -0.3 is 20.5 Å². The van der Waals surface area contributed by atoms with Crippen LogP contribution in [0.1, 0.15) is 19.3 Å². The lowest BCUT2D eigenvalue weighted by molar-refractivity contribution is 0.0476. The molecule has 0 radical (unpaired) electrons. The molecule has 0 bridgehead atoms. The number of carbonyl (C=O) groups is 1. The Kier molecular flexibility index (Phi) is 5.42. The zero-order chi connectivity index (χ0) is 11.1. The van der Waals surface area contributed by atoms with Crippen LogP contribution in [0, 0.1) is 5.92 Å². The van der Waals surface area contributed by atoms with E-state index in [2.05, 4.69) is 10.6 Å². The SMILES string of the molecule is CNCC(CC1CCCOC1)NC(=O)O. The van der Waals surface area contributed by atoms with Crippen molar-refractivity contribution in [1.29, 1.82) is 0 Å². The Morgan fingerprint density at radius 3 is 3.00 bits per heavy atom. The molecule has 2 unspecified atom stereocenters. The van der Waals surface area contributed by atoms with E-state index in [4.69, 9.17) is 9.84 Å². The molecule has 0 spiro atoms. The lowest BCUT2D eigenvalue weighted by Crippen LogP contribution is -2.42. The van der Waals surface area contributed by atoms with Crippen LogP contribution in [-0.2, 0) is 4.74 Å². The highest BCUT2D eigenvalue weighted by Gasteiger charge is 2.20. The van der Waals surface area contributed by atoms with Gasteiger partial charge in [0, 0.05) is 25.8 Å². The maximum atomic E-state index is 10.6. The van der Waals surface area contributed by atoms with Gasteiger partial charge in [0.2, 0.25) is 0 Å². The Bertz CT molecular complexity index is 193. The van der Waals surface area contributed by atoms with Crippen LogP contribution in [0.3, 0.4) is 0 Å². The standard InChI is InChI=1S/C10H20N2O3/c1-11-6-9(12-10(13)14)5-8-3-2-4-15-7-8/h8-9,11-12H,2-7H2,1H3,(H,13,14). The molecule has 0 aromatic heterocycles. The van der Waals surface area contributed by atoms with E-state index >= 15 is 0 Å². The fourth-order valence-corrected chi connectivity index (χ4v) is 2.01. The second-order valence-corrected chi connectivity index (χ2v) is 4.02. The number of ether oxygens (including phenoxy) is 1. The summed E-state index contributed by atoms with van der Waals surface area (Å²) in [6, 6.07) is -0.0146. The predicted molar refractivity (Wildman–Crippen MR) is 57.0 cm³/mol. The molecule has 1 saturated heterocycles. The summed E-state index contributed by atoms with van der Waals surface area (Å²) >= 11 is 0. The first-order valence-corrected chi connectivity index (χ1v) is 5.44. The van der Waals surface area contributed by atoms with Crippen LogP contribution >= 0.6 is 0 Å². The van der Waals surface area contributed by atoms with Crippen molar-refractivity contribution in [1.82, 2.24) is 10.6 Å². The highest BCUT2D eigenvalue weighted by Crippen LogP contribution is 2.18. The largest absolute Gasteiger partial charge is 0.465 e. The molecule has 15 heavy (non-hydrogen) atoms.